The van der Waals surface area contributed by atoms with Crippen molar-refractivity contribution >= 4 is 11.7 Å². The van der Waals surface area contributed by atoms with Gasteiger partial charge in [0.25, 0.3) is 5.91 Å². The number of rotatable bonds is 8. The van der Waals surface area contributed by atoms with Crippen LogP contribution >= 0.6 is 0 Å². The highest BCUT2D eigenvalue weighted by Gasteiger charge is 2.16. The molecule has 28 heavy (non-hydrogen) atoms. The zero-order chi connectivity index (χ0) is 19.8. The first-order valence-electron chi connectivity index (χ1n) is 9.24. The number of Topliss-reactive ketones (excluding diaryl/α,β-unsaturated/α-hetero) is 1. The highest BCUT2D eigenvalue weighted by molar-refractivity contribution is 5.94. The number of amides is 1. The third-order valence-corrected chi connectivity index (χ3v) is 4.43. The maximum Gasteiger partial charge on any atom is 0.258 e. The summed E-state index contributed by atoms with van der Waals surface area (Å²) in [7, 11) is 0. The summed E-state index contributed by atoms with van der Waals surface area (Å²) in [6.45, 7) is 1.39. The lowest BCUT2D eigenvalue weighted by Gasteiger charge is -2.20. The number of ether oxygens (including phenoxy) is 1. The number of ketones is 1. The molecule has 1 N–H and O–H groups in total. The molecule has 3 aromatic carbocycles. The van der Waals surface area contributed by atoms with Crippen molar-refractivity contribution in [3.05, 3.63) is 102 Å². The molecule has 3 aromatic rings. The summed E-state index contributed by atoms with van der Waals surface area (Å²) in [5.74, 6) is 0.252. The molecular weight excluding hydrogens is 350 g/mol. The Morgan fingerprint density at radius 3 is 2.25 bits per heavy atom. The van der Waals surface area contributed by atoms with Gasteiger partial charge in [-0.15, -0.1) is 0 Å². The monoisotopic (exact) mass is 373 g/mol. The van der Waals surface area contributed by atoms with Crippen LogP contribution in [0.5, 0.6) is 5.75 Å². The Morgan fingerprint density at radius 2 is 1.57 bits per heavy atom. The SMILES string of the molecule is CC(=O)c1cccc(OCC(=O)N[C@@H](Cc2ccccc2)c2ccccc2)c1. The normalized spacial score (nSPS) is 11.5. The Balaban J connectivity index is 1.65. The van der Waals surface area contributed by atoms with Gasteiger partial charge in [-0.3, -0.25) is 9.59 Å². The van der Waals surface area contributed by atoms with Gasteiger partial charge in [0.2, 0.25) is 0 Å². The maximum absolute atomic E-state index is 12.5. The standard InChI is InChI=1S/C24H23NO3/c1-18(26)21-13-8-14-22(16-21)28-17-24(27)25-23(20-11-6-3-7-12-20)15-19-9-4-2-5-10-19/h2-14,16,23H,15,17H2,1H3,(H,25,27)/t23-/m0/s1. The average Bonchev–Trinajstić information content (AvgIpc) is 2.73. The topological polar surface area (TPSA) is 55.4 Å². The summed E-state index contributed by atoms with van der Waals surface area (Å²) in [5, 5.41) is 3.06. The van der Waals surface area contributed by atoms with Crippen LogP contribution in [-0.2, 0) is 11.2 Å². The fraction of sp³-hybridized carbons (Fsp3) is 0.167. The first-order chi connectivity index (χ1) is 13.6. The lowest BCUT2D eigenvalue weighted by atomic mass is 9.99. The van der Waals surface area contributed by atoms with E-state index >= 15 is 0 Å². The van der Waals surface area contributed by atoms with Crippen molar-refractivity contribution < 1.29 is 14.3 Å². The largest absolute Gasteiger partial charge is 0.484 e. The van der Waals surface area contributed by atoms with Crippen LogP contribution in [0.4, 0.5) is 0 Å². The van der Waals surface area contributed by atoms with Crippen molar-refractivity contribution in [3.8, 4) is 5.75 Å². The van der Waals surface area contributed by atoms with Crippen LogP contribution in [0.25, 0.3) is 0 Å². The van der Waals surface area contributed by atoms with Crippen LogP contribution in [0.1, 0.15) is 34.5 Å². The third kappa shape index (κ3) is 5.55. The molecule has 0 heterocycles. The van der Waals surface area contributed by atoms with E-state index in [1.807, 2.05) is 60.7 Å². The van der Waals surface area contributed by atoms with E-state index in [9.17, 15) is 9.59 Å². The van der Waals surface area contributed by atoms with Crippen LogP contribution in [0.2, 0.25) is 0 Å². The number of benzene rings is 3. The second kappa shape index (κ2) is 9.51. The minimum absolute atomic E-state index is 0.0399. The smallest absolute Gasteiger partial charge is 0.258 e. The number of hydrogen-bond donors (Lipinski definition) is 1. The van der Waals surface area contributed by atoms with Gasteiger partial charge in [-0.05, 0) is 36.6 Å². The number of nitrogens with one attached hydrogen (secondary N) is 1. The van der Waals surface area contributed by atoms with Crippen molar-refractivity contribution in [1.82, 2.24) is 5.32 Å². The molecular formula is C24H23NO3. The molecule has 0 saturated carbocycles. The molecule has 4 heteroatoms. The van der Waals surface area contributed by atoms with Gasteiger partial charge >= 0.3 is 0 Å². The Kier molecular flexibility index (Phi) is 6.58. The first kappa shape index (κ1) is 19.4. The van der Waals surface area contributed by atoms with Crippen LogP contribution < -0.4 is 10.1 Å². The van der Waals surface area contributed by atoms with Crippen molar-refractivity contribution in [1.29, 1.82) is 0 Å². The molecule has 0 aliphatic heterocycles. The molecule has 0 unspecified atom stereocenters. The van der Waals surface area contributed by atoms with Gasteiger partial charge in [-0.1, -0.05) is 72.8 Å². The summed E-state index contributed by atoms with van der Waals surface area (Å²) in [6.07, 6.45) is 0.691. The first-order valence-corrected chi connectivity index (χ1v) is 9.24. The van der Waals surface area contributed by atoms with Gasteiger partial charge in [-0.25, -0.2) is 0 Å². The molecule has 0 spiro atoms. The second-order valence-electron chi connectivity index (χ2n) is 6.59. The molecule has 0 aliphatic carbocycles. The van der Waals surface area contributed by atoms with E-state index in [0.717, 1.165) is 11.1 Å². The zero-order valence-electron chi connectivity index (χ0n) is 15.8. The van der Waals surface area contributed by atoms with E-state index in [4.69, 9.17) is 4.74 Å². The predicted octanol–water partition coefficient (Wildman–Crippen LogP) is 4.37. The molecule has 4 nitrogen and oxygen atoms in total. The lowest BCUT2D eigenvalue weighted by Crippen LogP contribution is -2.33. The summed E-state index contributed by atoms with van der Waals surface area (Å²) in [4.78, 5) is 24.0. The van der Waals surface area contributed by atoms with Gasteiger partial charge in [0.1, 0.15) is 5.75 Å². The highest BCUT2D eigenvalue weighted by atomic mass is 16.5. The summed E-state index contributed by atoms with van der Waals surface area (Å²) < 4.78 is 5.58. The molecule has 1 atom stereocenters. The highest BCUT2D eigenvalue weighted by Crippen LogP contribution is 2.19. The van der Waals surface area contributed by atoms with Crippen LogP contribution in [0.3, 0.4) is 0 Å². The van der Waals surface area contributed by atoms with Crippen molar-refractivity contribution in [2.45, 2.75) is 19.4 Å². The summed E-state index contributed by atoms with van der Waals surface area (Å²) in [6, 6.07) is 26.6. The number of carbonyl (C=O) groups excluding carboxylic acids is 2. The quantitative estimate of drug-likeness (QED) is 0.597. The molecule has 3 rings (SSSR count). The Bertz CT molecular complexity index is 923. The third-order valence-electron chi connectivity index (χ3n) is 4.43. The maximum atomic E-state index is 12.5. The molecule has 0 fully saturated rings. The van der Waals surface area contributed by atoms with E-state index < -0.39 is 0 Å². The Hall–Kier alpha value is -3.40. The van der Waals surface area contributed by atoms with Gasteiger partial charge in [0, 0.05) is 5.56 Å². The predicted molar refractivity (Wildman–Crippen MR) is 109 cm³/mol. The molecule has 0 aliphatic rings. The molecule has 1 amide bonds. The molecule has 142 valence electrons. The summed E-state index contributed by atoms with van der Waals surface area (Å²) >= 11 is 0. The molecule has 0 aromatic heterocycles. The van der Waals surface area contributed by atoms with Crippen molar-refractivity contribution in [2.24, 2.45) is 0 Å². The van der Waals surface area contributed by atoms with Crippen molar-refractivity contribution in [3.63, 3.8) is 0 Å². The van der Waals surface area contributed by atoms with E-state index in [2.05, 4.69) is 5.32 Å². The van der Waals surface area contributed by atoms with E-state index in [1.165, 1.54) is 6.92 Å². The number of hydrogen-bond acceptors (Lipinski definition) is 3. The van der Waals surface area contributed by atoms with E-state index in [0.29, 0.717) is 17.7 Å². The Labute approximate surface area is 165 Å². The van der Waals surface area contributed by atoms with Crippen LogP contribution in [0.15, 0.2) is 84.9 Å². The zero-order valence-corrected chi connectivity index (χ0v) is 15.8. The Morgan fingerprint density at radius 1 is 0.893 bits per heavy atom. The minimum Gasteiger partial charge on any atom is -0.484 e. The van der Waals surface area contributed by atoms with Crippen LogP contribution in [-0.4, -0.2) is 18.3 Å². The van der Waals surface area contributed by atoms with Crippen LogP contribution in [0, 0.1) is 0 Å². The average molecular weight is 373 g/mol. The van der Waals surface area contributed by atoms with E-state index in [-0.39, 0.29) is 24.3 Å². The van der Waals surface area contributed by atoms with E-state index in [1.54, 1.807) is 24.3 Å². The summed E-state index contributed by atoms with van der Waals surface area (Å²) in [5.41, 5.74) is 2.74. The van der Waals surface area contributed by atoms with Gasteiger partial charge in [-0.2, -0.15) is 0 Å². The molecule has 0 saturated heterocycles. The fourth-order valence-corrected chi connectivity index (χ4v) is 2.98. The fourth-order valence-electron chi connectivity index (χ4n) is 2.98. The minimum atomic E-state index is -0.210. The molecule has 0 radical (unpaired) electrons. The van der Waals surface area contributed by atoms with Gasteiger partial charge in [0.15, 0.2) is 12.4 Å². The molecule has 0 bridgehead atoms. The van der Waals surface area contributed by atoms with Gasteiger partial charge in [0.05, 0.1) is 6.04 Å². The second-order valence-corrected chi connectivity index (χ2v) is 6.59. The van der Waals surface area contributed by atoms with Crippen molar-refractivity contribution in [2.75, 3.05) is 6.61 Å². The number of carbonyl (C=O) groups is 2. The van der Waals surface area contributed by atoms with Gasteiger partial charge < -0.3 is 10.1 Å². The lowest BCUT2D eigenvalue weighted by molar-refractivity contribution is -0.123.